The van der Waals surface area contributed by atoms with E-state index in [2.05, 4.69) is 20.3 Å². The quantitative estimate of drug-likeness (QED) is 0.750. The number of rotatable bonds is 2. The van der Waals surface area contributed by atoms with Crippen LogP contribution in [0.1, 0.15) is 16.1 Å². The summed E-state index contributed by atoms with van der Waals surface area (Å²) in [5.74, 6) is -0.459. The molecule has 0 unspecified atom stereocenters. The molecule has 1 aromatic carbocycles. The minimum absolute atomic E-state index is 0. The lowest BCUT2D eigenvalue weighted by Gasteiger charge is -2.13. The van der Waals surface area contributed by atoms with Gasteiger partial charge in [0.15, 0.2) is 0 Å². The van der Waals surface area contributed by atoms with E-state index >= 15 is 0 Å². The SMILES string of the molecule is Cl.O=C1NCCc2[nH]cc(-c3cc(-c4ccccc4F)ncn3)c21. The molecule has 24 heavy (non-hydrogen) atoms. The second-order valence-electron chi connectivity index (χ2n) is 5.33. The molecule has 122 valence electrons. The minimum Gasteiger partial charge on any atom is -0.364 e. The molecular weight excluding hydrogens is 331 g/mol. The zero-order valence-corrected chi connectivity index (χ0v) is 13.4. The fourth-order valence-corrected chi connectivity index (χ4v) is 2.83. The number of halogens is 2. The van der Waals surface area contributed by atoms with Crippen LogP contribution in [0.2, 0.25) is 0 Å². The molecule has 5 nitrogen and oxygen atoms in total. The normalized spacial score (nSPS) is 13.0. The summed E-state index contributed by atoms with van der Waals surface area (Å²) in [5.41, 5.74) is 3.69. The third-order valence-electron chi connectivity index (χ3n) is 3.94. The maximum atomic E-state index is 14.0. The number of carbonyl (C=O) groups is 1. The number of nitrogens with one attached hydrogen (secondary N) is 2. The number of benzene rings is 1. The van der Waals surface area contributed by atoms with Crippen LogP contribution in [0.25, 0.3) is 22.5 Å². The largest absolute Gasteiger partial charge is 0.364 e. The Morgan fingerprint density at radius 3 is 2.62 bits per heavy atom. The van der Waals surface area contributed by atoms with Crippen molar-refractivity contribution in [3.63, 3.8) is 0 Å². The van der Waals surface area contributed by atoms with Crippen molar-refractivity contribution in [2.75, 3.05) is 6.54 Å². The third kappa shape index (κ3) is 2.65. The molecule has 0 radical (unpaired) electrons. The van der Waals surface area contributed by atoms with Gasteiger partial charge in [-0.05, 0) is 18.2 Å². The Morgan fingerprint density at radius 1 is 1.08 bits per heavy atom. The Kier molecular flexibility index (Phi) is 4.31. The van der Waals surface area contributed by atoms with Crippen LogP contribution in [0, 0.1) is 5.82 Å². The van der Waals surface area contributed by atoms with Crippen molar-refractivity contribution in [3.8, 4) is 22.5 Å². The molecule has 0 spiro atoms. The number of amides is 1. The molecule has 0 atom stereocenters. The molecule has 3 heterocycles. The Bertz CT molecular complexity index is 909. The van der Waals surface area contributed by atoms with Crippen LogP contribution in [0.15, 0.2) is 42.9 Å². The monoisotopic (exact) mass is 344 g/mol. The first kappa shape index (κ1) is 16.1. The lowest BCUT2D eigenvalue weighted by molar-refractivity contribution is 0.0946. The average molecular weight is 345 g/mol. The molecule has 1 amide bonds. The van der Waals surface area contributed by atoms with E-state index in [1.807, 2.05) is 0 Å². The summed E-state index contributed by atoms with van der Waals surface area (Å²) < 4.78 is 14.0. The van der Waals surface area contributed by atoms with Gasteiger partial charge in [0.1, 0.15) is 12.1 Å². The summed E-state index contributed by atoms with van der Waals surface area (Å²) in [6.07, 6.45) is 3.91. The zero-order chi connectivity index (χ0) is 15.8. The Labute approximate surface area is 143 Å². The summed E-state index contributed by atoms with van der Waals surface area (Å²) >= 11 is 0. The predicted octanol–water partition coefficient (Wildman–Crippen LogP) is 2.99. The molecule has 1 aliphatic rings. The fraction of sp³-hybridized carbons (Fsp3) is 0.118. The number of aromatic amines is 1. The third-order valence-corrected chi connectivity index (χ3v) is 3.94. The highest BCUT2D eigenvalue weighted by Gasteiger charge is 2.24. The number of hydrogen-bond donors (Lipinski definition) is 2. The molecule has 0 aliphatic carbocycles. The van der Waals surface area contributed by atoms with E-state index in [0.29, 0.717) is 34.6 Å². The maximum Gasteiger partial charge on any atom is 0.253 e. The molecule has 4 rings (SSSR count). The number of fused-ring (bicyclic) bond motifs is 1. The maximum absolute atomic E-state index is 14.0. The van der Waals surface area contributed by atoms with Crippen LogP contribution >= 0.6 is 12.4 Å². The Balaban J connectivity index is 0.00000169. The second kappa shape index (κ2) is 6.41. The molecule has 0 saturated carbocycles. The summed E-state index contributed by atoms with van der Waals surface area (Å²) in [6, 6.07) is 8.15. The van der Waals surface area contributed by atoms with E-state index in [1.54, 1.807) is 30.5 Å². The molecule has 0 bridgehead atoms. The van der Waals surface area contributed by atoms with Crippen molar-refractivity contribution in [3.05, 3.63) is 59.9 Å². The highest BCUT2D eigenvalue weighted by atomic mass is 35.5. The number of carbonyl (C=O) groups excluding carboxylic acids is 1. The average Bonchev–Trinajstić information content (AvgIpc) is 3.01. The molecule has 0 saturated heterocycles. The molecule has 2 N–H and O–H groups in total. The van der Waals surface area contributed by atoms with Gasteiger partial charge in [-0.2, -0.15) is 0 Å². The molecular formula is C17H14ClFN4O. The number of aromatic nitrogens is 3. The van der Waals surface area contributed by atoms with Crippen molar-refractivity contribution >= 4 is 18.3 Å². The van der Waals surface area contributed by atoms with Crippen LogP contribution in [0.4, 0.5) is 4.39 Å². The fourth-order valence-electron chi connectivity index (χ4n) is 2.83. The van der Waals surface area contributed by atoms with Gasteiger partial charge in [0.05, 0.1) is 17.0 Å². The van der Waals surface area contributed by atoms with Gasteiger partial charge in [-0.3, -0.25) is 4.79 Å². The van der Waals surface area contributed by atoms with E-state index in [9.17, 15) is 9.18 Å². The van der Waals surface area contributed by atoms with E-state index < -0.39 is 0 Å². The molecule has 2 aromatic heterocycles. The molecule has 0 fully saturated rings. The van der Waals surface area contributed by atoms with Gasteiger partial charge in [-0.15, -0.1) is 12.4 Å². The van der Waals surface area contributed by atoms with Crippen molar-refractivity contribution in [2.24, 2.45) is 0 Å². The van der Waals surface area contributed by atoms with Gasteiger partial charge < -0.3 is 10.3 Å². The van der Waals surface area contributed by atoms with Gasteiger partial charge in [0.2, 0.25) is 0 Å². The van der Waals surface area contributed by atoms with Crippen LogP contribution in [-0.4, -0.2) is 27.4 Å². The molecule has 3 aromatic rings. The van der Waals surface area contributed by atoms with Crippen LogP contribution < -0.4 is 5.32 Å². The lowest BCUT2D eigenvalue weighted by Crippen LogP contribution is -2.31. The topological polar surface area (TPSA) is 70.7 Å². The van der Waals surface area contributed by atoms with Crippen LogP contribution in [0.5, 0.6) is 0 Å². The predicted molar refractivity (Wildman–Crippen MR) is 90.5 cm³/mol. The Morgan fingerprint density at radius 2 is 1.83 bits per heavy atom. The van der Waals surface area contributed by atoms with Crippen LogP contribution in [-0.2, 0) is 6.42 Å². The molecule has 1 aliphatic heterocycles. The summed E-state index contributed by atoms with van der Waals surface area (Å²) in [4.78, 5) is 23.6. The van der Waals surface area contributed by atoms with Gasteiger partial charge in [0, 0.05) is 36.0 Å². The molecule has 7 heteroatoms. The van der Waals surface area contributed by atoms with E-state index in [-0.39, 0.29) is 24.1 Å². The lowest BCUT2D eigenvalue weighted by atomic mass is 10.0. The first-order valence-electron chi connectivity index (χ1n) is 7.30. The number of nitrogens with zero attached hydrogens (tertiary/aromatic N) is 2. The minimum atomic E-state index is -0.342. The van der Waals surface area contributed by atoms with Gasteiger partial charge in [-0.1, -0.05) is 12.1 Å². The van der Waals surface area contributed by atoms with Gasteiger partial charge >= 0.3 is 0 Å². The van der Waals surface area contributed by atoms with Crippen molar-refractivity contribution in [1.82, 2.24) is 20.3 Å². The highest BCUT2D eigenvalue weighted by molar-refractivity contribution is 6.02. The van der Waals surface area contributed by atoms with Crippen molar-refractivity contribution in [2.45, 2.75) is 6.42 Å². The first-order chi connectivity index (χ1) is 11.2. The zero-order valence-electron chi connectivity index (χ0n) is 12.5. The number of H-pyrrole nitrogens is 1. The second-order valence-corrected chi connectivity index (χ2v) is 5.33. The highest BCUT2D eigenvalue weighted by Crippen LogP contribution is 2.29. The van der Waals surface area contributed by atoms with Gasteiger partial charge in [-0.25, -0.2) is 14.4 Å². The first-order valence-corrected chi connectivity index (χ1v) is 7.30. The van der Waals surface area contributed by atoms with E-state index in [1.165, 1.54) is 12.4 Å². The standard InChI is InChI=1S/C17H13FN4O.ClH/c18-12-4-2-1-3-10(12)14-7-15(22-9-21-14)11-8-20-13-5-6-19-17(23)16(11)13;/h1-4,7-9,20H,5-6H2,(H,19,23);1H. The summed E-state index contributed by atoms with van der Waals surface area (Å²) in [5, 5.41) is 2.83. The van der Waals surface area contributed by atoms with E-state index in [4.69, 9.17) is 0 Å². The summed E-state index contributed by atoms with van der Waals surface area (Å²) in [7, 11) is 0. The smallest absolute Gasteiger partial charge is 0.253 e. The van der Waals surface area contributed by atoms with Crippen LogP contribution in [0.3, 0.4) is 0 Å². The van der Waals surface area contributed by atoms with Crippen molar-refractivity contribution < 1.29 is 9.18 Å². The summed E-state index contributed by atoms with van der Waals surface area (Å²) in [6.45, 7) is 0.621. The van der Waals surface area contributed by atoms with Crippen molar-refractivity contribution in [1.29, 1.82) is 0 Å². The number of hydrogen-bond acceptors (Lipinski definition) is 3. The van der Waals surface area contributed by atoms with E-state index in [0.717, 1.165) is 12.1 Å². The van der Waals surface area contributed by atoms with Gasteiger partial charge in [0.25, 0.3) is 5.91 Å². The Hall–Kier alpha value is -2.73.